The van der Waals surface area contributed by atoms with E-state index in [1.54, 1.807) is 19.6 Å². The number of nitrogens with two attached hydrogens (primary N) is 1. The number of rotatable bonds is 11. The van der Waals surface area contributed by atoms with Gasteiger partial charge in [-0.25, -0.2) is 9.97 Å². The van der Waals surface area contributed by atoms with E-state index in [1.807, 2.05) is 17.7 Å². The van der Waals surface area contributed by atoms with Gasteiger partial charge in [0, 0.05) is 49.3 Å². The number of nitrogens with one attached hydrogen (secondary N) is 1. The fraction of sp³-hybridized carbons (Fsp3) is 0.435. The average Bonchev–Trinajstić information content (AvgIpc) is 3.24. The number of aromatic nitrogens is 4. The largest absolute Gasteiger partial charge is 0.496 e. The average molecular weight is 425 g/mol. The second kappa shape index (κ2) is 10.8. The van der Waals surface area contributed by atoms with Crippen LogP contribution in [0.15, 0.2) is 36.9 Å². The summed E-state index contributed by atoms with van der Waals surface area (Å²) in [7, 11) is 1.68. The van der Waals surface area contributed by atoms with E-state index in [2.05, 4.69) is 45.4 Å². The molecule has 0 aliphatic rings. The van der Waals surface area contributed by atoms with Gasteiger partial charge in [-0.15, -0.1) is 0 Å². The summed E-state index contributed by atoms with van der Waals surface area (Å²) in [4.78, 5) is 13.0. The van der Waals surface area contributed by atoms with Crippen molar-refractivity contribution in [3.05, 3.63) is 59.3 Å². The Kier molecular flexibility index (Phi) is 7.83. The van der Waals surface area contributed by atoms with Gasteiger partial charge in [0.25, 0.3) is 0 Å². The zero-order valence-corrected chi connectivity index (χ0v) is 18.5. The van der Waals surface area contributed by atoms with Crippen LogP contribution in [-0.4, -0.2) is 44.4 Å². The summed E-state index contributed by atoms with van der Waals surface area (Å²) in [6.07, 6.45) is 8.73. The molecule has 3 aromatic rings. The van der Waals surface area contributed by atoms with Gasteiger partial charge < -0.3 is 25.5 Å². The minimum absolute atomic E-state index is 0.124. The third kappa shape index (κ3) is 5.95. The van der Waals surface area contributed by atoms with Crippen LogP contribution in [0.4, 0.5) is 11.8 Å². The first-order valence-corrected chi connectivity index (χ1v) is 10.7. The Hall–Kier alpha value is -3.13. The van der Waals surface area contributed by atoms with Crippen LogP contribution in [0.3, 0.4) is 0 Å². The van der Waals surface area contributed by atoms with Crippen LogP contribution in [0, 0.1) is 6.92 Å². The number of anilines is 2. The summed E-state index contributed by atoms with van der Waals surface area (Å²) in [5.41, 5.74) is 9.93. The molecular weight excluding hydrogens is 392 g/mol. The minimum Gasteiger partial charge on any atom is -0.496 e. The zero-order valence-electron chi connectivity index (χ0n) is 18.5. The number of methoxy groups -OCH3 is 1. The molecule has 0 aliphatic carbocycles. The highest BCUT2D eigenvalue weighted by molar-refractivity contribution is 5.53. The monoisotopic (exact) mass is 424 g/mol. The number of aryl methyl sites for hydroxylation is 1. The van der Waals surface area contributed by atoms with E-state index < -0.39 is 0 Å². The number of imidazole rings is 1. The number of ether oxygens (including phenoxy) is 1. The Labute approximate surface area is 183 Å². The maximum Gasteiger partial charge on any atom is 0.222 e. The van der Waals surface area contributed by atoms with Gasteiger partial charge in [0.2, 0.25) is 5.95 Å². The third-order valence-electron chi connectivity index (χ3n) is 5.33. The summed E-state index contributed by atoms with van der Waals surface area (Å²) in [5, 5.41) is 12.9. The van der Waals surface area contributed by atoms with Crippen LogP contribution >= 0.6 is 0 Å². The number of benzene rings is 1. The number of aliphatic hydroxyl groups is 1. The van der Waals surface area contributed by atoms with Gasteiger partial charge >= 0.3 is 0 Å². The summed E-state index contributed by atoms with van der Waals surface area (Å²) < 4.78 is 7.71. The van der Waals surface area contributed by atoms with Crippen molar-refractivity contribution in [3.63, 3.8) is 0 Å². The minimum atomic E-state index is 0.124. The molecule has 8 heteroatoms. The smallest absolute Gasteiger partial charge is 0.222 e. The topological polar surface area (TPSA) is 111 Å². The van der Waals surface area contributed by atoms with Crippen molar-refractivity contribution in [2.24, 2.45) is 0 Å². The molecule has 31 heavy (non-hydrogen) atoms. The summed E-state index contributed by atoms with van der Waals surface area (Å²) in [5.74, 6) is 1.78. The van der Waals surface area contributed by atoms with E-state index in [0.717, 1.165) is 53.3 Å². The fourth-order valence-corrected chi connectivity index (χ4v) is 3.75. The van der Waals surface area contributed by atoms with Crippen LogP contribution in [0.2, 0.25) is 0 Å². The van der Waals surface area contributed by atoms with Crippen molar-refractivity contribution in [1.29, 1.82) is 0 Å². The lowest BCUT2D eigenvalue weighted by Gasteiger charge is -2.21. The first-order chi connectivity index (χ1) is 15.0. The standard InChI is InChI=1S/C23H32N6O2/c1-4-5-19(8-11-30)27-22-20(16(2)26-23(24)28-22)13-18-7-6-17(12-21(18)31-3)14-29-10-9-25-15-29/h6-7,9-10,12,15,19,30H,4-5,8,11,13-14H2,1-3H3,(H3,24,26,27,28)/t19-/m0/s1. The maximum atomic E-state index is 9.42. The molecule has 1 atom stereocenters. The van der Waals surface area contributed by atoms with Gasteiger partial charge in [-0.3, -0.25) is 0 Å². The maximum absolute atomic E-state index is 9.42. The Morgan fingerprint density at radius 3 is 2.77 bits per heavy atom. The van der Waals surface area contributed by atoms with E-state index in [-0.39, 0.29) is 18.6 Å². The molecule has 166 valence electrons. The van der Waals surface area contributed by atoms with Crippen molar-refractivity contribution < 1.29 is 9.84 Å². The van der Waals surface area contributed by atoms with Gasteiger partial charge in [-0.2, -0.15) is 4.98 Å². The van der Waals surface area contributed by atoms with Crippen LogP contribution in [0.5, 0.6) is 5.75 Å². The molecule has 3 rings (SSSR count). The lowest BCUT2D eigenvalue weighted by molar-refractivity contribution is 0.276. The zero-order chi connectivity index (χ0) is 22.2. The normalized spacial score (nSPS) is 12.0. The molecule has 0 radical (unpaired) electrons. The van der Waals surface area contributed by atoms with E-state index in [0.29, 0.717) is 12.8 Å². The second-order valence-electron chi connectivity index (χ2n) is 7.69. The SMILES string of the molecule is CCC[C@@H](CCO)Nc1nc(N)nc(C)c1Cc1ccc(Cn2ccnc2)cc1OC. The number of hydrogen-bond donors (Lipinski definition) is 3. The van der Waals surface area contributed by atoms with E-state index in [4.69, 9.17) is 10.5 Å². The van der Waals surface area contributed by atoms with Crippen LogP contribution in [0.25, 0.3) is 0 Å². The van der Waals surface area contributed by atoms with Crippen LogP contribution in [0.1, 0.15) is 48.6 Å². The molecule has 2 heterocycles. The highest BCUT2D eigenvalue weighted by atomic mass is 16.5. The summed E-state index contributed by atoms with van der Waals surface area (Å²) >= 11 is 0. The molecule has 4 N–H and O–H groups in total. The van der Waals surface area contributed by atoms with Crippen molar-refractivity contribution in [2.75, 3.05) is 24.8 Å². The van der Waals surface area contributed by atoms with E-state index >= 15 is 0 Å². The third-order valence-corrected chi connectivity index (χ3v) is 5.33. The molecule has 8 nitrogen and oxygen atoms in total. The Morgan fingerprint density at radius 2 is 2.10 bits per heavy atom. The van der Waals surface area contributed by atoms with Gasteiger partial charge in [0.15, 0.2) is 0 Å². The van der Waals surface area contributed by atoms with Crippen molar-refractivity contribution in [3.8, 4) is 5.75 Å². The number of nitrogen functional groups attached to an aromatic ring is 1. The van der Waals surface area contributed by atoms with Crippen molar-refractivity contribution >= 4 is 11.8 Å². The summed E-state index contributed by atoms with van der Waals surface area (Å²) in [6.45, 7) is 4.92. The molecular formula is C23H32N6O2. The van der Waals surface area contributed by atoms with Crippen LogP contribution in [-0.2, 0) is 13.0 Å². The molecule has 2 aromatic heterocycles. The lowest BCUT2D eigenvalue weighted by atomic mass is 10.0. The number of nitrogens with zero attached hydrogens (tertiary/aromatic N) is 4. The highest BCUT2D eigenvalue weighted by Gasteiger charge is 2.17. The number of hydrogen-bond acceptors (Lipinski definition) is 7. The van der Waals surface area contributed by atoms with Gasteiger partial charge in [0.05, 0.1) is 13.4 Å². The van der Waals surface area contributed by atoms with Crippen molar-refractivity contribution in [1.82, 2.24) is 19.5 Å². The molecule has 1 aromatic carbocycles. The number of aliphatic hydroxyl groups excluding tert-OH is 1. The molecule has 0 fully saturated rings. The first kappa shape index (κ1) is 22.6. The van der Waals surface area contributed by atoms with Crippen LogP contribution < -0.4 is 15.8 Å². The molecule has 0 saturated carbocycles. The predicted octanol–water partition coefficient (Wildman–Crippen LogP) is 3.17. The highest BCUT2D eigenvalue weighted by Crippen LogP contribution is 2.28. The fourth-order valence-electron chi connectivity index (χ4n) is 3.75. The van der Waals surface area contributed by atoms with Gasteiger partial charge in [-0.05, 0) is 37.0 Å². The molecule has 0 saturated heterocycles. The van der Waals surface area contributed by atoms with E-state index in [9.17, 15) is 5.11 Å². The quantitative estimate of drug-likeness (QED) is 0.433. The Balaban J connectivity index is 1.88. The molecule has 0 aliphatic heterocycles. The lowest BCUT2D eigenvalue weighted by Crippen LogP contribution is -2.23. The molecule has 0 bridgehead atoms. The molecule has 0 unspecified atom stereocenters. The predicted molar refractivity (Wildman–Crippen MR) is 122 cm³/mol. The molecule has 0 spiro atoms. The van der Waals surface area contributed by atoms with Crippen molar-refractivity contribution in [2.45, 2.75) is 52.1 Å². The van der Waals surface area contributed by atoms with Gasteiger partial charge in [0.1, 0.15) is 11.6 Å². The Bertz CT molecular complexity index is 968. The second-order valence-corrected chi connectivity index (χ2v) is 7.69. The Morgan fingerprint density at radius 1 is 1.26 bits per heavy atom. The van der Waals surface area contributed by atoms with Gasteiger partial charge in [-0.1, -0.05) is 25.5 Å². The van der Waals surface area contributed by atoms with E-state index in [1.165, 1.54) is 0 Å². The molecule has 0 amide bonds. The first-order valence-electron chi connectivity index (χ1n) is 10.7. The summed E-state index contributed by atoms with van der Waals surface area (Å²) in [6, 6.07) is 6.37.